The lowest BCUT2D eigenvalue weighted by molar-refractivity contribution is -0.132. The van der Waals surface area contributed by atoms with Gasteiger partial charge >= 0.3 is 5.97 Å². The summed E-state index contributed by atoms with van der Waals surface area (Å²) < 4.78 is 17.1. The van der Waals surface area contributed by atoms with Crippen molar-refractivity contribution < 1.29 is 19.0 Å². The van der Waals surface area contributed by atoms with Crippen LogP contribution < -0.4 is 4.74 Å². The smallest absolute Gasteiger partial charge is 0.308 e. The third-order valence-corrected chi connectivity index (χ3v) is 3.25. The van der Waals surface area contributed by atoms with Crippen molar-refractivity contribution in [2.75, 3.05) is 19.8 Å². The maximum atomic E-state index is 11.4. The third kappa shape index (κ3) is 5.43. The molecule has 22 heavy (non-hydrogen) atoms. The Kier molecular flexibility index (Phi) is 7.04. The number of ether oxygens (including phenoxy) is 3. The van der Waals surface area contributed by atoms with E-state index in [1.165, 1.54) is 6.92 Å². The topological polar surface area (TPSA) is 44.8 Å². The van der Waals surface area contributed by atoms with E-state index in [1.807, 2.05) is 39.0 Å². The van der Waals surface area contributed by atoms with Crippen molar-refractivity contribution in [2.45, 2.75) is 47.1 Å². The Morgan fingerprint density at radius 1 is 1.32 bits per heavy atom. The summed E-state index contributed by atoms with van der Waals surface area (Å²) in [5.41, 5.74) is 1.21. The standard InChI is InChI=1S/C18H28O4/c1-7-21-18(6,12-20-11-13(2)3)16-9-8-14(4)10-17(16)22-15(5)19/h8-10,13H,7,11-12H2,1-6H3. The van der Waals surface area contributed by atoms with E-state index in [0.29, 0.717) is 31.5 Å². The molecule has 124 valence electrons. The quantitative estimate of drug-likeness (QED) is 0.540. The van der Waals surface area contributed by atoms with Gasteiger partial charge < -0.3 is 14.2 Å². The zero-order valence-corrected chi connectivity index (χ0v) is 14.6. The molecule has 0 fully saturated rings. The van der Waals surface area contributed by atoms with Crippen LogP contribution in [0.15, 0.2) is 18.2 Å². The normalized spacial score (nSPS) is 14.0. The van der Waals surface area contributed by atoms with Gasteiger partial charge in [0.05, 0.1) is 6.61 Å². The van der Waals surface area contributed by atoms with Gasteiger partial charge in [-0.1, -0.05) is 26.0 Å². The maximum Gasteiger partial charge on any atom is 0.308 e. The lowest BCUT2D eigenvalue weighted by Crippen LogP contribution is -2.33. The summed E-state index contributed by atoms with van der Waals surface area (Å²) >= 11 is 0. The summed E-state index contributed by atoms with van der Waals surface area (Å²) in [7, 11) is 0. The molecular weight excluding hydrogens is 280 g/mol. The van der Waals surface area contributed by atoms with E-state index < -0.39 is 5.60 Å². The number of rotatable bonds is 8. The molecule has 1 rings (SSSR count). The van der Waals surface area contributed by atoms with Crippen molar-refractivity contribution in [3.8, 4) is 5.75 Å². The van der Waals surface area contributed by atoms with Crippen LogP contribution in [-0.2, 0) is 19.9 Å². The average Bonchev–Trinajstić information content (AvgIpc) is 2.37. The van der Waals surface area contributed by atoms with Gasteiger partial charge in [-0.15, -0.1) is 0 Å². The van der Waals surface area contributed by atoms with Gasteiger partial charge in [-0.25, -0.2) is 0 Å². The van der Waals surface area contributed by atoms with Gasteiger partial charge in [0.25, 0.3) is 0 Å². The SMILES string of the molecule is CCOC(C)(COCC(C)C)c1ccc(C)cc1OC(C)=O. The predicted octanol–water partition coefficient (Wildman–Crippen LogP) is 3.84. The van der Waals surface area contributed by atoms with Crippen molar-refractivity contribution in [3.05, 3.63) is 29.3 Å². The van der Waals surface area contributed by atoms with Crippen LogP contribution in [0.25, 0.3) is 0 Å². The number of esters is 1. The number of hydrogen-bond donors (Lipinski definition) is 0. The molecule has 0 radical (unpaired) electrons. The van der Waals surface area contributed by atoms with Crippen molar-refractivity contribution in [2.24, 2.45) is 5.92 Å². The van der Waals surface area contributed by atoms with Gasteiger partial charge in [0.15, 0.2) is 0 Å². The van der Waals surface area contributed by atoms with Crippen LogP contribution in [0.4, 0.5) is 0 Å². The van der Waals surface area contributed by atoms with E-state index >= 15 is 0 Å². The third-order valence-electron chi connectivity index (χ3n) is 3.25. The first kappa shape index (κ1) is 18.7. The second-order valence-electron chi connectivity index (χ2n) is 6.17. The highest BCUT2D eigenvalue weighted by atomic mass is 16.6. The second-order valence-corrected chi connectivity index (χ2v) is 6.17. The van der Waals surface area contributed by atoms with Crippen LogP contribution in [0.1, 0.15) is 45.7 Å². The summed E-state index contributed by atoms with van der Waals surface area (Å²) in [5, 5.41) is 0. The fraction of sp³-hybridized carbons (Fsp3) is 0.611. The molecule has 1 unspecified atom stereocenters. The molecule has 0 heterocycles. The number of hydrogen-bond acceptors (Lipinski definition) is 4. The molecule has 0 aliphatic carbocycles. The molecule has 1 aromatic rings. The molecule has 4 nitrogen and oxygen atoms in total. The van der Waals surface area contributed by atoms with Gasteiger partial charge in [0.2, 0.25) is 0 Å². The predicted molar refractivity (Wildman–Crippen MR) is 87.1 cm³/mol. The summed E-state index contributed by atoms with van der Waals surface area (Å²) in [6, 6.07) is 5.79. The minimum absolute atomic E-state index is 0.339. The number of carbonyl (C=O) groups excluding carboxylic acids is 1. The van der Waals surface area contributed by atoms with E-state index in [4.69, 9.17) is 14.2 Å². The van der Waals surface area contributed by atoms with Crippen LogP contribution in [0.2, 0.25) is 0 Å². The Labute approximate surface area is 133 Å². The highest BCUT2D eigenvalue weighted by Crippen LogP contribution is 2.34. The van der Waals surface area contributed by atoms with Crippen molar-refractivity contribution in [1.82, 2.24) is 0 Å². The molecule has 4 heteroatoms. The summed E-state index contributed by atoms with van der Waals surface area (Å²) in [6.45, 7) is 13.1. The molecule has 0 aromatic heterocycles. The number of aryl methyl sites for hydroxylation is 1. The minimum Gasteiger partial charge on any atom is -0.426 e. The molecule has 0 aliphatic heterocycles. The molecule has 0 amide bonds. The van der Waals surface area contributed by atoms with Crippen LogP contribution >= 0.6 is 0 Å². The largest absolute Gasteiger partial charge is 0.426 e. The average molecular weight is 308 g/mol. The Bertz CT molecular complexity index is 496. The Hall–Kier alpha value is -1.39. The van der Waals surface area contributed by atoms with Gasteiger partial charge in [-0.05, 0) is 38.3 Å². The van der Waals surface area contributed by atoms with E-state index in [1.54, 1.807) is 0 Å². The molecule has 0 spiro atoms. The van der Waals surface area contributed by atoms with Gasteiger partial charge in [0, 0.05) is 25.7 Å². The first-order valence-electron chi connectivity index (χ1n) is 7.79. The number of carbonyl (C=O) groups is 1. The molecule has 1 atom stereocenters. The Balaban J connectivity index is 3.10. The molecule has 0 saturated heterocycles. The molecule has 0 N–H and O–H groups in total. The summed E-state index contributed by atoms with van der Waals surface area (Å²) in [4.78, 5) is 11.4. The first-order valence-corrected chi connectivity index (χ1v) is 7.79. The van der Waals surface area contributed by atoms with E-state index in [2.05, 4.69) is 13.8 Å². The van der Waals surface area contributed by atoms with Crippen LogP contribution in [0.5, 0.6) is 5.75 Å². The van der Waals surface area contributed by atoms with Gasteiger partial charge in [-0.3, -0.25) is 4.79 Å². The van der Waals surface area contributed by atoms with E-state index in [9.17, 15) is 4.79 Å². The Morgan fingerprint density at radius 3 is 2.55 bits per heavy atom. The second kappa shape index (κ2) is 8.30. The first-order chi connectivity index (χ1) is 10.3. The van der Waals surface area contributed by atoms with E-state index in [-0.39, 0.29) is 5.97 Å². The van der Waals surface area contributed by atoms with Gasteiger partial charge in [-0.2, -0.15) is 0 Å². The fourth-order valence-corrected chi connectivity index (χ4v) is 2.31. The zero-order chi connectivity index (χ0) is 16.8. The van der Waals surface area contributed by atoms with Crippen LogP contribution in [0, 0.1) is 12.8 Å². The lowest BCUT2D eigenvalue weighted by atomic mass is 9.94. The molecule has 0 bridgehead atoms. The van der Waals surface area contributed by atoms with Crippen LogP contribution in [0.3, 0.4) is 0 Å². The summed E-state index contributed by atoms with van der Waals surface area (Å²) in [5.74, 6) is 0.655. The highest BCUT2D eigenvalue weighted by molar-refractivity contribution is 5.70. The number of benzene rings is 1. The van der Waals surface area contributed by atoms with Crippen molar-refractivity contribution in [3.63, 3.8) is 0 Å². The van der Waals surface area contributed by atoms with Crippen molar-refractivity contribution >= 4 is 5.97 Å². The highest BCUT2D eigenvalue weighted by Gasteiger charge is 2.31. The molecule has 0 aliphatic rings. The summed E-state index contributed by atoms with van der Waals surface area (Å²) in [6.07, 6.45) is 0. The van der Waals surface area contributed by atoms with Gasteiger partial charge in [0.1, 0.15) is 11.4 Å². The van der Waals surface area contributed by atoms with Crippen LogP contribution in [-0.4, -0.2) is 25.8 Å². The zero-order valence-electron chi connectivity index (χ0n) is 14.6. The molecule has 0 saturated carbocycles. The lowest BCUT2D eigenvalue weighted by Gasteiger charge is -2.31. The minimum atomic E-state index is -0.651. The Morgan fingerprint density at radius 2 is 2.00 bits per heavy atom. The van der Waals surface area contributed by atoms with Crippen molar-refractivity contribution in [1.29, 1.82) is 0 Å². The molecular formula is C18H28O4. The monoisotopic (exact) mass is 308 g/mol. The fourth-order valence-electron chi connectivity index (χ4n) is 2.31. The maximum absolute atomic E-state index is 11.4. The van der Waals surface area contributed by atoms with E-state index in [0.717, 1.165) is 11.1 Å². The molecule has 1 aromatic carbocycles.